The van der Waals surface area contributed by atoms with Gasteiger partial charge in [-0.05, 0) is 30.3 Å². The summed E-state index contributed by atoms with van der Waals surface area (Å²) in [4.78, 5) is 14.7. The van der Waals surface area contributed by atoms with Crippen molar-refractivity contribution < 1.29 is 18.3 Å². The quantitative estimate of drug-likeness (QED) is 0.931. The number of hydrogen-bond donors (Lipinski definition) is 1. The van der Waals surface area contributed by atoms with Gasteiger partial charge in [0.1, 0.15) is 5.82 Å². The number of aromatic nitrogens is 1. The molecule has 2 rings (SSSR count). The molecule has 1 aromatic carbocycles. The van der Waals surface area contributed by atoms with Gasteiger partial charge in [0, 0.05) is 13.2 Å². The first-order valence-electron chi connectivity index (χ1n) is 5.76. The lowest BCUT2D eigenvalue weighted by molar-refractivity contribution is 0.0696. The fourth-order valence-electron chi connectivity index (χ4n) is 1.63. The fourth-order valence-corrected chi connectivity index (χ4v) is 2.93. The van der Waals surface area contributed by atoms with Crippen molar-refractivity contribution >= 4 is 33.4 Å². The summed E-state index contributed by atoms with van der Waals surface area (Å²) < 4.78 is 25.9. The molecule has 1 heterocycles. The monoisotopic (exact) mass is 326 g/mol. The summed E-state index contributed by atoms with van der Waals surface area (Å²) >= 11 is 5.71. The van der Waals surface area contributed by atoms with E-state index < -0.39 is 16.0 Å². The van der Waals surface area contributed by atoms with Crippen molar-refractivity contribution in [3.63, 3.8) is 0 Å². The molecule has 0 aliphatic heterocycles. The molecule has 6 nitrogen and oxygen atoms in total. The lowest BCUT2D eigenvalue weighted by atomic mass is 10.2. The molecule has 21 heavy (non-hydrogen) atoms. The lowest BCUT2D eigenvalue weighted by Gasteiger charge is -2.18. The van der Waals surface area contributed by atoms with Crippen LogP contribution in [0.2, 0.25) is 5.02 Å². The predicted molar refractivity (Wildman–Crippen MR) is 78.2 cm³/mol. The molecule has 0 unspecified atom stereocenters. The first kappa shape index (κ1) is 15.3. The number of rotatable bonds is 4. The number of carboxylic acids is 1. The first-order chi connectivity index (χ1) is 9.82. The van der Waals surface area contributed by atoms with Crippen molar-refractivity contribution in [2.75, 3.05) is 11.4 Å². The van der Waals surface area contributed by atoms with E-state index in [9.17, 15) is 13.2 Å². The molecule has 0 saturated carbocycles. The summed E-state index contributed by atoms with van der Waals surface area (Å²) in [6.45, 7) is 0. The maximum Gasteiger partial charge on any atom is 0.335 e. The molecule has 0 atom stereocenters. The highest BCUT2D eigenvalue weighted by Crippen LogP contribution is 2.22. The summed E-state index contributed by atoms with van der Waals surface area (Å²) in [6, 6.07) is 8.10. The number of carboxylic acid groups (broad SMARTS) is 1. The number of carbonyl (C=O) groups is 1. The van der Waals surface area contributed by atoms with Crippen molar-refractivity contribution in [1.82, 2.24) is 4.98 Å². The van der Waals surface area contributed by atoms with E-state index in [-0.39, 0.29) is 16.3 Å². The molecule has 0 saturated heterocycles. The zero-order valence-electron chi connectivity index (χ0n) is 10.9. The number of pyridine rings is 1. The van der Waals surface area contributed by atoms with E-state index in [0.717, 1.165) is 10.4 Å². The maximum atomic E-state index is 12.5. The van der Waals surface area contributed by atoms with Crippen molar-refractivity contribution in [2.24, 2.45) is 0 Å². The van der Waals surface area contributed by atoms with E-state index >= 15 is 0 Å². The summed E-state index contributed by atoms with van der Waals surface area (Å²) in [7, 11) is -2.56. The highest BCUT2D eigenvalue weighted by molar-refractivity contribution is 7.92. The molecular weight excluding hydrogens is 316 g/mol. The zero-order valence-corrected chi connectivity index (χ0v) is 12.5. The summed E-state index contributed by atoms with van der Waals surface area (Å²) in [5.74, 6) is -1.01. The van der Waals surface area contributed by atoms with Crippen LogP contribution in [0.15, 0.2) is 47.5 Å². The number of anilines is 1. The largest absolute Gasteiger partial charge is 0.478 e. The van der Waals surface area contributed by atoms with Crippen molar-refractivity contribution in [3.8, 4) is 0 Å². The number of sulfonamides is 1. The Morgan fingerprint density at radius 3 is 2.57 bits per heavy atom. The van der Waals surface area contributed by atoms with Crippen molar-refractivity contribution in [3.05, 3.63) is 53.2 Å². The van der Waals surface area contributed by atoms with Crippen molar-refractivity contribution in [1.29, 1.82) is 0 Å². The highest BCUT2D eigenvalue weighted by Gasteiger charge is 2.23. The third-order valence-corrected chi connectivity index (χ3v) is 4.76. The zero-order chi connectivity index (χ0) is 15.6. The Morgan fingerprint density at radius 1 is 1.29 bits per heavy atom. The Balaban J connectivity index is 2.44. The molecular formula is C13H11ClN2O4S. The van der Waals surface area contributed by atoms with Gasteiger partial charge in [0.15, 0.2) is 0 Å². The smallest absolute Gasteiger partial charge is 0.335 e. The van der Waals surface area contributed by atoms with E-state index in [1.807, 2.05) is 0 Å². The van der Waals surface area contributed by atoms with Gasteiger partial charge in [0.2, 0.25) is 0 Å². The Morgan fingerprint density at radius 2 is 2.00 bits per heavy atom. The molecule has 0 radical (unpaired) electrons. The summed E-state index contributed by atoms with van der Waals surface area (Å²) in [5, 5.41) is 9.31. The predicted octanol–water partition coefficient (Wildman–Crippen LogP) is 2.26. The van der Waals surface area contributed by atoms with Crippen LogP contribution in [0.3, 0.4) is 0 Å². The van der Waals surface area contributed by atoms with Crippen LogP contribution in [0.1, 0.15) is 10.4 Å². The first-order valence-corrected chi connectivity index (χ1v) is 7.58. The molecule has 1 N–H and O–H groups in total. The van der Waals surface area contributed by atoms with Gasteiger partial charge in [0.05, 0.1) is 15.5 Å². The minimum atomic E-state index is -3.90. The number of benzene rings is 1. The molecule has 0 fully saturated rings. The van der Waals surface area contributed by atoms with Crippen LogP contribution < -0.4 is 4.31 Å². The maximum absolute atomic E-state index is 12.5. The molecule has 0 amide bonds. The van der Waals surface area contributed by atoms with Crippen LogP contribution in [0.4, 0.5) is 5.82 Å². The van der Waals surface area contributed by atoms with Gasteiger partial charge in [-0.3, -0.25) is 4.31 Å². The molecule has 2 aromatic rings. The number of hydrogen-bond acceptors (Lipinski definition) is 4. The normalized spacial score (nSPS) is 11.1. The van der Waals surface area contributed by atoms with Gasteiger partial charge in [-0.2, -0.15) is 0 Å². The van der Waals surface area contributed by atoms with Crippen LogP contribution in [0, 0.1) is 0 Å². The Kier molecular flexibility index (Phi) is 4.15. The third kappa shape index (κ3) is 3.14. The second-order valence-electron chi connectivity index (χ2n) is 4.14. The molecule has 0 spiro atoms. The Hall–Kier alpha value is -2.12. The summed E-state index contributed by atoms with van der Waals surface area (Å²) in [6.07, 6.45) is 1.33. The van der Waals surface area contributed by atoms with Gasteiger partial charge >= 0.3 is 5.97 Å². The molecule has 0 aliphatic carbocycles. The van der Waals surface area contributed by atoms with Gasteiger partial charge in [-0.15, -0.1) is 0 Å². The summed E-state index contributed by atoms with van der Waals surface area (Å²) in [5.41, 5.74) is -0.103. The lowest BCUT2D eigenvalue weighted by Crippen LogP contribution is -2.27. The topological polar surface area (TPSA) is 87.6 Å². The minimum absolute atomic E-state index is 0.103. The van der Waals surface area contributed by atoms with E-state index in [2.05, 4.69) is 4.98 Å². The molecule has 1 aromatic heterocycles. The highest BCUT2D eigenvalue weighted by atomic mass is 35.5. The van der Waals surface area contributed by atoms with Crippen LogP contribution in [0.5, 0.6) is 0 Å². The SMILES string of the molecule is CN(c1ccc(Cl)cn1)S(=O)(=O)c1cccc(C(=O)O)c1. The van der Waals surface area contributed by atoms with Gasteiger partial charge < -0.3 is 5.11 Å². The average Bonchev–Trinajstić information content (AvgIpc) is 2.47. The van der Waals surface area contributed by atoms with Crippen LogP contribution >= 0.6 is 11.6 Å². The standard InChI is InChI=1S/C13H11ClN2O4S/c1-16(12-6-5-10(14)8-15-12)21(19,20)11-4-2-3-9(7-11)13(17)18/h2-8H,1H3,(H,17,18). The molecule has 8 heteroatoms. The van der Waals surface area contributed by atoms with E-state index in [4.69, 9.17) is 16.7 Å². The van der Waals surface area contributed by atoms with E-state index in [0.29, 0.717) is 5.02 Å². The minimum Gasteiger partial charge on any atom is -0.478 e. The average molecular weight is 327 g/mol. The Bertz CT molecular complexity index is 775. The van der Waals surface area contributed by atoms with Crippen molar-refractivity contribution in [2.45, 2.75) is 4.90 Å². The number of halogens is 1. The van der Waals surface area contributed by atoms with Crippen LogP contribution in [-0.4, -0.2) is 31.5 Å². The van der Waals surface area contributed by atoms with Crippen LogP contribution in [-0.2, 0) is 10.0 Å². The van der Waals surface area contributed by atoms with Gasteiger partial charge in [-0.25, -0.2) is 18.2 Å². The fraction of sp³-hybridized carbons (Fsp3) is 0.0769. The second kappa shape index (κ2) is 5.71. The molecule has 0 bridgehead atoms. The van der Waals surface area contributed by atoms with Crippen LogP contribution in [0.25, 0.3) is 0 Å². The van der Waals surface area contributed by atoms with E-state index in [1.54, 1.807) is 0 Å². The van der Waals surface area contributed by atoms with E-state index in [1.165, 1.54) is 43.6 Å². The Labute approximate surface area is 126 Å². The number of nitrogens with zero attached hydrogens (tertiary/aromatic N) is 2. The third-order valence-electron chi connectivity index (χ3n) is 2.77. The van der Waals surface area contributed by atoms with Gasteiger partial charge in [0.25, 0.3) is 10.0 Å². The number of aromatic carboxylic acids is 1. The molecule has 0 aliphatic rings. The van der Waals surface area contributed by atoms with Gasteiger partial charge in [-0.1, -0.05) is 17.7 Å². The second-order valence-corrected chi connectivity index (χ2v) is 6.55. The molecule has 110 valence electrons.